The fraction of sp³-hybridized carbons (Fsp3) is 0.625. The van der Waals surface area contributed by atoms with Crippen LogP contribution >= 0.6 is 0 Å². The summed E-state index contributed by atoms with van der Waals surface area (Å²) in [6.07, 6.45) is 5.18. The largest absolute Gasteiger partial charge is 0.434 e. The van der Waals surface area contributed by atoms with Gasteiger partial charge in [0.1, 0.15) is 5.75 Å². The standard InChI is InChI=1S/C16H23F2NO/c1-12-5-4-6-13(9-12)10-19-11-14-7-2-3-8-15(14)20-16(17)18/h2-3,7-8,12-13,16,19H,4-6,9-11H2,1H3. The molecule has 1 aromatic rings. The minimum atomic E-state index is -2.77. The lowest BCUT2D eigenvalue weighted by Gasteiger charge is -2.27. The molecule has 0 heterocycles. The van der Waals surface area contributed by atoms with E-state index in [0.29, 0.717) is 12.5 Å². The first-order valence-corrected chi connectivity index (χ1v) is 7.38. The van der Waals surface area contributed by atoms with Gasteiger partial charge < -0.3 is 10.1 Å². The molecule has 112 valence electrons. The van der Waals surface area contributed by atoms with Crippen molar-refractivity contribution in [2.45, 2.75) is 45.8 Å². The molecule has 0 aromatic heterocycles. The van der Waals surface area contributed by atoms with Gasteiger partial charge in [0, 0.05) is 12.1 Å². The van der Waals surface area contributed by atoms with Gasteiger partial charge in [0.05, 0.1) is 0 Å². The molecule has 1 aliphatic rings. The Labute approximate surface area is 119 Å². The fourth-order valence-corrected chi connectivity index (χ4v) is 3.02. The van der Waals surface area contributed by atoms with Crippen molar-refractivity contribution in [1.29, 1.82) is 0 Å². The molecule has 0 aliphatic heterocycles. The summed E-state index contributed by atoms with van der Waals surface area (Å²) in [7, 11) is 0. The topological polar surface area (TPSA) is 21.3 Å². The lowest BCUT2D eigenvalue weighted by atomic mass is 9.82. The van der Waals surface area contributed by atoms with Gasteiger partial charge in [0.25, 0.3) is 0 Å². The summed E-state index contributed by atoms with van der Waals surface area (Å²) >= 11 is 0. The van der Waals surface area contributed by atoms with E-state index in [-0.39, 0.29) is 5.75 Å². The monoisotopic (exact) mass is 283 g/mol. The maximum absolute atomic E-state index is 12.3. The van der Waals surface area contributed by atoms with E-state index in [9.17, 15) is 8.78 Å². The molecule has 1 fully saturated rings. The van der Waals surface area contributed by atoms with Crippen molar-refractivity contribution < 1.29 is 13.5 Å². The van der Waals surface area contributed by atoms with Gasteiger partial charge in [-0.2, -0.15) is 8.78 Å². The van der Waals surface area contributed by atoms with Crippen LogP contribution < -0.4 is 10.1 Å². The summed E-state index contributed by atoms with van der Waals surface area (Å²) in [6.45, 7) is 1.06. The Hall–Kier alpha value is -1.16. The van der Waals surface area contributed by atoms with Gasteiger partial charge in [-0.1, -0.05) is 38.0 Å². The van der Waals surface area contributed by atoms with Crippen molar-refractivity contribution in [2.24, 2.45) is 11.8 Å². The number of benzene rings is 1. The Morgan fingerprint density at radius 3 is 2.85 bits per heavy atom. The molecule has 0 saturated heterocycles. The number of rotatable bonds is 6. The number of halogens is 2. The zero-order valence-electron chi connectivity index (χ0n) is 11.9. The van der Waals surface area contributed by atoms with E-state index in [1.807, 2.05) is 12.1 Å². The van der Waals surface area contributed by atoms with Gasteiger partial charge in [-0.25, -0.2) is 0 Å². The molecule has 2 unspecified atom stereocenters. The van der Waals surface area contributed by atoms with Crippen LogP contribution in [-0.4, -0.2) is 13.2 Å². The van der Waals surface area contributed by atoms with Crippen molar-refractivity contribution >= 4 is 0 Å². The summed E-state index contributed by atoms with van der Waals surface area (Å²) < 4.78 is 29.2. The van der Waals surface area contributed by atoms with Crippen LogP contribution in [0.1, 0.15) is 38.2 Å². The van der Waals surface area contributed by atoms with E-state index in [0.717, 1.165) is 18.0 Å². The van der Waals surface area contributed by atoms with E-state index in [2.05, 4.69) is 17.0 Å². The average molecular weight is 283 g/mol. The molecule has 0 bridgehead atoms. The number of hydrogen-bond acceptors (Lipinski definition) is 2. The number of ether oxygens (including phenoxy) is 1. The van der Waals surface area contributed by atoms with Crippen LogP contribution in [0.4, 0.5) is 8.78 Å². The highest BCUT2D eigenvalue weighted by molar-refractivity contribution is 5.33. The van der Waals surface area contributed by atoms with E-state index in [1.54, 1.807) is 12.1 Å². The van der Waals surface area contributed by atoms with Gasteiger partial charge in [-0.3, -0.25) is 0 Å². The van der Waals surface area contributed by atoms with Crippen LogP contribution in [0, 0.1) is 11.8 Å². The molecule has 20 heavy (non-hydrogen) atoms. The van der Waals surface area contributed by atoms with Crippen molar-refractivity contribution in [3.05, 3.63) is 29.8 Å². The van der Waals surface area contributed by atoms with Gasteiger partial charge >= 0.3 is 6.61 Å². The molecule has 2 atom stereocenters. The Kier molecular flexibility index (Phi) is 5.77. The molecular formula is C16H23F2NO. The second kappa shape index (κ2) is 7.58. The molecule has 1 saturated carbocycles. The van der Waals surface area contributed by atoms with E-state index in [4.69, 9.17) is 0 Å². The normalized spacial score (nSPS) is 23.0. The molecule has 2 rings (SSSR count). The summed E-state index contributed by atoms with van der Waals surface area (Å²) in [5.74, 6) is 1.79. The lowest BCUT2D eigenvalue weighted by Crippen LogP contribution is -2.26. The first kappa shape index (κ1) is 15.2. The predicted molar refractivity (Wildman–Crippen MR) is 75.9 cm³/mol. The van der Waals surface area contributed by atoms with Gasteiger partial charge in [-0.15, -0.1) is 0 Å². The molecule has 1 aliphatic carbocycles. The highest BCUT2D eigenvalue weighted by Gasteiger charge is 2.18. The Bertz CT molecular complexity index is 411. The molecule has 2 nitrogen and oxygen atoms in total. The minimum Gasteiger partial charge on any atom is -0.434 e. The van der Waals surface area contributed by atoms with Gasteiger partial charge in [0.15, 0.2) is 0 Å². The van der Waals surface area contributed by atoms with Gasteiger partial charge in [0.2, 0.25) is 0 Å². The van der Waals surface area contributed by atoms with Crippen molar-refractivity contribution in [3.8, 4) is 5.75 Å². The van der Waals surface area contributed by atoms with E-state index in [1.165, 1.54) is 25.7 Å². The smallest absolute Gasteiger partial charge is 0.387 e. The second-order valence-corrected chi connectivity index (χ2v) is 5.75. The third-order valence-corrected chi connectivity index (χ3v) is 3.98. The van der Waals surface area contributed by atoms with Crippen LogP contribution in [0.15, 0.2) is 24.3 Å². The lowest BCUT2D eigenvalue weighted by molar-refractivity contribution is -0.0505. The first-order valence-electron chi connectivity index (χ1n) is 7.38. The second-order valence-electron chi connectivity index (χ2n) is 5.75. The number of nitrogens with one attached hydrogen (secondary N) is 1. The van der Waals surface area contributed by atoms with Crippen LogP contribution in [0.5, 0.6) is 5.75 Å². The zero-order chi connectivity index (χ0) is 14.4. The third kappa shape index (κ3) is 4.75. The van der Waals surface area contributed by atoms with E-state index >= 15 is 0 Å². The van der Waals surface area contributed by atoms with Crippen molar-refractivity contribution in [2.75, 3.05) is 6.54 Å². The summed E-state index contributed by atoms with van der Waals surface area (Å²) in [5, 5.41) is 3.38. The summed E-state index contributed by atoms with van der Waals surface area (Å²) in [4.78, 5) is 0. The Balaban J connectivity index is 1.81. The molecule has 4 heteroatoms. The molecular weight excluding hydrogens is 260 g/mol. The molecule has 0 spiro atoms. The number of hydrogen-bond donors (Lipinski definition) is 1. The van der Waals surface area contributed by atoms with Gasteiger partial charge in [-0.05, 0) is 37.3 Å². The minimum absolute atomic E-state index is 0.270. The third-order valence-electron chi connectivity index (χ3n) is 3.98. The summed E-state index contributed by atoms with van der Waals surface area (Å²) in [6, 6.07) is 6.97. The maximum Gasteiger partial charge on any atom is 0.387 e. The maximum atomic E-state index is 12.3. The predicted octanol–water partition coefficient (Wildman–Crippen LogP) is 4.20. The Morgan fingerprint density at radius 2 is 2.10 bits per heavy atom. The number of para-hydroxylation sites is 1. The Morgan fingerprint density at radius 1 is 1.30 bits per heavy atom. The molecule has 1 N–H and O–H groups in total. The number of alkyl halides is 2. The van der Waals surface area contributed by atoms with Crippen LogP contribution in [0.2, 0.25) is 0 Å². The first-order chi connectivity index (χ1) is 9.65. The highest BCUT2D eigenvalue weighted by atomic mass is 19.3. The SMILES string of the molecule is CC1CCCC(CNCc2ccccc2OC(F)F)C1. The average Bonchev–Trinajstić information content (AvgIpc) is 2.40. The quantitative estimate of drug-likeness (QED) is 0.844. The van der Waals surface area contributed by atoms with E-state index < -0.39 is 6.61 Å². The fourth-order valence-electron chi connectivity index (χ4n) is 3.02. The van der Waals surface area contributed by atoms with Crippen LogP contribution in [-0.2, 0) is 6.54 Å². The van der Waals surface area contributed by atoms with Crippen molar-refractivity contribution in [3.63, 3.8) is 0 Å². The molecule has 0 radical (unpaired) electrons. The molecule has 0 amide bonds. The summed E-state index contributed by atoms with van der Waals surface area (Å²) in [5.41, 5.74) is 0.789. The van der Waals surface area contributed by atoms with Crippen LogP contribution in [0.25, 0.3) is 0 Å². The zero-order valence-corrected chi connectivity index (χ0v) is 11.9. The van der Waals surface area contributed by atoms with Crippen molar-refractivity contribution in [1.82, 2.24) is 5.32 Å². The van der Waals surface area contributed by atoms with Crippen LogP contribution in [0.3, 0.4) is 0 Å². The molecule has 1 aromatic carbocycles. The highest BCUT2D eigenvalue weighted by Crippen LogP contribution is 2.28.